The predicted molar refractivity (Wildman–Crippen MR) is 104 cm³/mol. The fourth-order valence-corrected chi connectivity index (χ4v) is 4.74. The molecule has 1 aliphatic heterocycles. The van der Waals surface area contributed by atoms with Crippen LogP contribution in [-0.4, -0.2) is 23.9 Å². The Balaban J connectivity index is 1.98. The fraction of sp³-hybridized carbons (Fsp3) is 0.100. The second-order valence-corrected chi connectivity index (χ2v) is 7.77. The minimum absolute atomic E-state index is 0.113. The zero-order chi connectivity index (χ0) is 20.1. The molecule has 2 aromatic carbocycles. The first-order valence-electron chi connectivity index (χ1n) is 8.18. The molecule has 2 heterocycles. The van der Waals surface area contributed by atoms with Crippen molar-refractivity contribution in [1.82, 2.24) is 0 Å². The number of hydrogen-bond donors (Lipinski definition) is 2. The van der Waals surface area contributed by atoms with Crippen molar-refractivity contribution in [2.75, 3.05) is 12.4 Å². The molecule has 28 heavy (non-hydrogen) atoms. The van der Waals surface area contributed by atoms with E-state index in [1.165, 1.54) is 13.2 Å². The van der Waals surface area contributed by atoms with Crippen LogP contribution in [-0.2, 0) is 15.1 Å². The van der Waals surface area contributed by atoms with Gasteiger partial charge in [0.25, 0.3) is 5.91 Å². The molecule has 142 valence electrons. The highest BCUT2D eigenvalue weighted by Gasteiger charge is 2.54. The van der Waals surface area contributed by atoms with E-state index in [1.54, 1.807) is 30.3 Å². The minimum atomic E-state index is -1.90. The molecule has 3 aromatic rings. The second kappa shape index (κ2) is 6.70. The Morgan fingerprint density at radius 1 is 1.14 bits per heavy atom. The Kier molecular flexibility index (Phi) is 4.45. The number of phenolic OH excluding ortho intramolecular Hbond substituents is 1. The molecule has 1 atom stereocenters. The number of thiophene rings is 1. The summed E-state index contributed by atoms with van der Waals surface area (Å²) in [6, 6.07) is 11.8. The van der Waals surface area contributed by atoms with Crippen LogP contribution in [0.1, 0.15) is 15.9 Å². The molecule has 0 bridgehead atoms. The van der Waals surface area contributed by atoms with Crippen LogP contribution in [0, 0.1) is 5.82 Å². The number of fused-ring (bicyclic) bond motifs is 1. The highest BCUT2D eigenvalue weighted by Crippen LogP contribution is 2.51. The van der Waals surface area contributed by atoms with Gasteiger partial charge in [-0.3, -0.25) is 9.59 Å². The summed E-state index contributed by atoms with van der Waals surface area (Å²) in [6.07, 6.45) is 0. The molecule has 1 amide bonds. The number of aromatic hydroxyl groups is 1. The maximum Gasteiger partial charge on any atom is 0.270 e. The first kappa shape index (κ1) is 18.6. The maximum atomic E-state index is 13.6. The summed E-state index contributed by atoms with van der Waals surface area (Å²) in [5, 5.41) is 13.1. The number of ether oxygens (including phenoxy) is 1. The monoisotopic (exact) mass is 417 g/mol. The first-order chi connectivity index (χ1) is 13.4. The number of carbonyl (C=O) groups excluding carboxylic acids is 2. The zero-order valence-corrected chi connectivity index (χ0v) is 16.0. The van der Waals surface area contributed by atoms with Crippen molar-refractivity contribution in [2.24, 2.45) is 0 Å². The average molecular weight is 418 g/mol. The number of amides is 1. The molecule has 1 aromatic heterocycles. The summed E-state index contributed by atoms with van der Waals surface area (Å²) < 4.78 is 19.1. The van der Waals surface area contributed by atoms with Gasteiger partial charge in [-0.25, -0.2) is 4.39 Å². The summed E-state index contributed by atoms with van der Waals surface area (Å²) in [6.45, 7) is 0. The minimum Gasteiger partial charge on any atom is -0.507 e. The Labute approximate surface area is 168 Å². The van der Waals surface area contributed by atoms with Crippen molar-refractivity contribution >= 4 is 39.6 Å². The molecule has 8 heteroatoms. The van der Waals surface area contributed by atoms with Gasteiger partial charge in [0, 0.05) is 29.9 Å². The van der Waals surface area contributed by atoms with Crippen molar-refractivity contribution in [1.29, 1.82) is 0 Å². The Morgan fingerprint density at radius 2 is 1.86 bits per heavy atom. The Bertz CT molecular complexity index is 1110. The van der Waals surface area contributed by atoms with Crippen LogP contribution in [0.15, 0.2) is 48.5 Å². The summed E-state index contributed by atoms with van der Waals surface area (Å²) in [4.78, 5) is 26.5. The van der Waals surface area contributed by atoms with Crippen LogP contribution in [0.5, 0.6) is 5.75 Å². The average Bonchev–Trinajstić information content (AvgIpc) is 2.99. The van der Waals surface area contributed by atoms with Crippen LogP contribution < -0.4 is 5.32 Å². The lowest BCUT2D eigenvalue weighted by molar-refractivity contribution is -0.133. The van der Waals surface area contributed by atoms with Gasteiger partial charge in [0.2, 0.25) is 11.4 Å². The molecule has 0 aliphatic carbocycles. The van der Waals surface area contributed by atoms with Gasteiger partial charge in [0.1, 0.15) is 20.9 Å². The number of Topliss-reactive ketones (excluding diaryl/α,β-unsaturated/α-hetero) is 1. The van der Waals surface area contributed by atoms with E-state index < -0.39 is 23.1 Å². The summed E-state index contributed by atoms with van der Waals surface area (Å²) in [5.41, 5.74) is -1.01. The SMILES string of the molecule is COC1(c2ccccc2)C(=O)Nc2sc(Cl)c(-c3ccc(F)cc3O)c2C1=O. The zero-order valence-electron chi connectivity index (χ0n) is 14.5. The summed E-state index contributed by atoms with van der Waals surface area (Å²) in [5.74, 6) is -2.24. The number of methoxy groups -OCH3 is 1. The number of carbonyl (C=O) groups is 2. The molecule has 0 spiro atoms. The van der Waals surface area contributed by atoms with Crippen molar-refractivity contribution in [3.05, 3.63) is 69.8 Å². The largest absolute Gasteiger partial charge is 0.507 e. The molecule has 1 unspecified atom stereocenters. The molecule has 0 fully saturated rings. The van der Waals surface area contributed by atoms with Crippen molar-refractivity contribution < 1.29 is 23.8 Å². The van der Waals surface area contributed by atoms with Gasteiger partial charge < -0.3 is 15.2 Å². The number of benzene rings is 2. The van der Waals surface area contributed by atoms with Crippen molar-refractivity contribution in [2.45, 2.75) is 5.60 Å². The van der Waals surface area contributed by atoms with E-state index in [4.69, 9.17) is 16.3 Å². The number of phenols is 1. The Hall–Kier alpha value is -2.74. The third kappa shape index (κ3) is 2.55. The van der Waals surface area contributed by atoms with E-state index in [9.17, 15) is 19.1 Å². The molecule has 0 radical (unpaired) electrons. The highest BCUT2D eigenvalue weighted by molar-refractivity contribution is 7.21. The van der Waals surface area contributed by atoms with Crippen LogP contribution in [0.25, 0.3) is 11.1 Å². The number of ketones is 1. The second-order valence-electron chi connectivity index (χ2n) is 6.15. The molecule has 2 N–H and O–H groups in total. The predicted octanol–water partition coefficient (Wildman–Crippen LogP) is 4.59. The van der Waals surface area contributed by atoms with Gasteiger partial charge in [-0.1, -0.05) is 41.9 Å². The standard InChI is InChI=1S/C20H13ClFNO4S/c1-27-20(10-5-3-2-4-6-10)16(25)15-14(12-8-7-11(22)9-13(12)24)17(21)28-18(15)23-19(20)26/h2-9,24H,1H3,(H,23,26). The third-order valence-electron chi connectivity index (χ3n) is 4.67. The number of anilines is 1. The Morgan fingerprint density at radius 3 is 2.50 bits per heavy atom. The van der Waals surface area contributed by atoms with E-state index in [0.717, 1.165) is 23.5 Å². The van der Waals surface area contributed by atoms with Gasteiger partial charge >= 0.3 is 0 Å². The lowest BCUT2D eigenvalue weighted by Crippen LogP contribution is -2.51. The van der Waals surface area contributed by atoms with Crippen LogP contribution in [0.3, 0.4) is 0 Å². The molecule has 0 saturated carbocycles. The normalized spacial score (nSPS) is 18.7. The summed E-state index contributed by atoms with van der Waals surface area (Å²) >= 11 is 7.34. The van der Waals surface area contributed by atoms with E-state index in [0.29, 0.717) is 5.56 Å². The molecular weight excluding hydrogens is 405 g/mol. The quantitative estimate of drug-likeness (QED) is 0.611. The van der Waals surface area contributed by atoms with Crippen molar-refractivity contribution in [3.8, 4) is 16.9 Å². The van der Waals surface area contributed by atoms with Gasteiger partial charge in [0.05, 0.1) is 5.56 Å². The van der Waals surface area contributed by atoms with Crippen LogP contribution in [0.2, 0.25) is 4.34 Å². The molecule has 0 saturated heterocycles. The van der Waals surface area contributed by atoms with Gasteiger partial charge in [-0.05, 0) is 12.1 Å². The van der Waals surface area contributed by atoms with Crippen molar-refractivity contribution in [3.63, 3.8) is 0 Å². The number of rotatable bonds is 3. The van der Waals surface area contributed by atoms with Gasteiger partial charge in [-0.2, -0.15) is 0 Å². The van der Waals surface area contributed by atoms with Crippen LogP contribution >= 0.6 is 22.9 Å². The summed E-state index contributed by atoms with van der Waals surface area (Å²) in [7, 11) is 1.28. The molecule has 1 aliphatic rings. The molecular formula is C20H13ClFNO4S. The van der Waals surface area contributed by atoms with Crippen LogP contribution in [0.4, 0.5) is 9.39 Å². The van der Waals surface area contributed by atoms with E-state index in [2.05, 4.69) is 5.32 Å². The first-order valence-corrected chi connectivity index (χ1v) is 9.37. The maximum absolute atomic E-state index is 13.6. The fourth-order valence-electron chi connectivity index (χ4n) is 3.37. The number of halogens is 2. The lowest BCUT2D eigenvalue weighted by atomic mass is 9.81. The van der Waals surface area contributed by atoms with Gasteiger partial charge in [0.15, 0.2) is 0 Å². The number of nitrogens with one attached hydrogen (secondary N) is 1. The van der Waals surface area contributed by atoms with E-state index in [-0.39, 0.29) is 31.8 Å². The van der Waals surface area contributed by atoms with E-state index >= 15 is 0 Å². The third-order valence-corrected chi connectivity index (χ3v) is 5.99. The topological polar surface area (TPSA) is 75.6 Å². The molecule has 5 nitrogen and oxygen atoms in total. The smallest absolute Gasteiger partial charge is 0.270 e. The van der Waals surface area contributed by atoms with E-state index in [1.807, 2.05) is 0 Å². The highest BCUT2D eigenvalue weighted by atomic mass is 35.5. The van der Waals surface area contributed by atoms with Gasteiger partial charge in [-0.15, -0.1) is 11.3 Å². The molecule has 4 rings (SSSR count). The number of hydrogen-bond acceptors (Lipinski definition) is 5. The lowest BCUT2D eigenvalue weighted by Gasteiger charge is -2.33.